The largest absolute Gasteiger partial charge is 0.478 e. The molecule has 12 heteroatoms. The zero-order chi connectivity index (χ0) is 20.4. The van der Waals surface area contributed by atoms with Crippen LogP contribution in [0.1, 0.15) is 13.3 Å². The van der Waals surface area contributed by atoms with Gasteiger partial charge in [-0.3, -0.25) is 0 Å². The maximum absolute atomic E-state index is 11.7. The molecule has 140 valence electrons. The predicted octanol–water partition coefficient (Wildman–Crippen LogP) is 0.877. The Balaban J connectivity index is 5.10. The molecule has 0 rings (SSSR count). The van der Waals surface area contributed by atoms with Crippen molar-refractivity contribution >= 4 is 59.0 Å². The summed E-state index contributed by atoms with van der Waals surface area (Å²) >= 11 is 10.6. The summed E-state index contributed by atoms with van der Waals surface area (Å²) in [6.07, 6.45) is 0.934. The van der Waals surface area contributed by atoms with Gasteiger partial charge in [0.05, 0.1) is 0 Å². The van der Waals surface area contributed by atoms with Gasteiger partial charge in [0, 0.05) is 23.8 Å². The highest BCUT2D eigenvalue weighted by atomic mass is 35.5. The summed E-state index contributed by atoms with van der Waals surface area (Å²) in [7, 11) is 0. The first kappa shape index (κ1) is 23.0. The smallest absolute Gasteiger partial charge is 0.357 e. The third kappa shape index (κ3) is 8.76. The molecule has 0 bridgehead atoms. The normalized spacial score (nSPS) is 12.2. The number of ether oxygens (including phenoxy) is 2. The van der Waals surface area contributed by atoms with Gasteiger partial charge in [0.1, 0.15) is 10.1 Å². The van der Waals surface area contributed by atoms with Gasteiger partial charge >= 0.3 is 35.8 Å². The van der Waals surface area contributed by atoms with Crippen molar-refractivity contribution in [3.05, 3.63) is 33.9 Å². The van der Waals surface area contributed by atoms with Crippen molar-refractivity contribution in [1.82, 2.24) is 0 Å². The van der Waals surface area contributed by atoms with Crippen molar-refractivity contribution in [2.75, 3.05) is 0 Å². The molecule has 0 saturated carbocycles. The number of hydrogen-bond acceptors (Lipinski definition) is 8. The number of hydrogen-bond donors (Lipinski definition) is 2. The first-order valence-corrected chi connectivity index (χ1v) is 7.17. The summed E-state index contributed by atoms with van der Waals surface area (Å²) in [6.45, 7) is 1.39. The van der Waals surface area contributed by atoms with Gasteiger partial charge in [-0.05, 0) is 6.42 Å². The molecule has 0 heterocycles. The second-order valence-electron chi connectivity index (χ2n) is 4.07. The average molecular weight is 409 g/mol. The van der Waals surface area contributed by atoms with E-state index in [0.29, 0.717) is 6.08 Å². The van der Waals surface area contributed by atoms with E-state index in [1.54, 1.807) is 0 Å². The first-order chi connectivity index (χ1) is 12.0. The molecule has 0 fully saturated rings. The molecule has 0 saturated heterocycles. The highest BCUT2D eigenvalue weighted by molar-refractivity contribution is 6.43. The van der Waals surface area contributed by atoms with Crippen molar-refractivity contribution in [2.24, 2.45) is 0 Å². The van der Waals surface area contributed by atoms with Gasteiger partial charge < -0.3 is 19.7 Å². The molecular formula is C14H10Cl2O10. The molecule has 10 nitrogen and oxygen atoms in total. The fraction of sp³-hybridized carbons (Fsp3) is 0.143. The molecule has 26 heavy (non-hydrogen) atoms. The fourth-order valence-electron chi connectivity index (χ4n) is 1.15. The quantitative estimate of drug-likeness (QED) is 0.351. The van der Waals surface area contributed by atoms with Gasteiger partial charge in [-0.15, -0.1) is 0 Å². The van der Waals surface area contributed by atoms with Crippen molar-refractivity contribution < 1.29 is 48.5 Å². The van der Waals surface area contributed by atoms with Gasteiger partial charge in [0.2, 0.25) is 0 Å². The molecule has 0 aliphatic heterocycles. The Morgan fingerprint density at radius 2 is 1.19 bits per heavy atom. The summed E-state index contributed by atoms with van der Waals surface area (Å²) in [5.41, 5.74) is -0.422. The Morgan fingerprint density at radius 1 is 0.769 bits per heavy atom. The predicted molar refractivity (Wildman–Crippen MR) is 83.7 cm³/mol. The summed E-state index contributed by atoms with van der Waals surface area (Å²) in [5, 5.41) is 15.0. The van der Waals surface area contributed by atoms with Crippen molar-refractivity contribution in [3.63, 3.8) is 0 Å². The number of esters is 4. The molecule has 0 atom stereocenters. The minimum atomic E-state index is -1.56. The van der Waals surface area contributed by atoms with E-state index in [0.717, 1.165) is 0 Å². The van der Waals surface area contributed by atoms with E-state index in [1.807, 2.05) is 0 Å². The highest BCUT2D eigenvalue weighted by Gasteiger charge is 2.20. The zero-order valence-corrected chi connectivity index (χ0v) is 14.4. The standard InChI is InChI=1S/C14H10Cl2O10/c1-2-6(12(22)26-14(24)8(16)5-10(19)20)3-11(21)25-13(23)7(15)4-9(17)18/h3-5H,2H2,1H3,(H,17,18)(H,19,20). The Labute approximate surface area is 155 Å². The minimum Gasteiger partial charge on any atom is -0.478 e. The monoisotopic (exact) mass is 408 g/mol. The van der Waals surface area contributed by atoms with Crippen LogP contribution < -0.4 is 0 Å². The lowest BCUT2D eigenvalue weighted by atomic mass is 10.2. The van der Waals surface area contributed by atoms with Gasteiger partial charge in [0.25, 0.3) is 0 Å². The number of carboxylic acids is 2. The summed E-state index contributed by atoms with van der Waals surface area (Å²) in [6, 6.07) is 0. The van der Waals surface area contributed by atoms with E-state index in [1.165, 1.54) is 6.92 Å². The fourth-order valence-corrected chi connectivity index (χ4v) is 1.41. The van der Waals surface area contributed by atoms with Crippen LogP contribution >= 0.6 is 23.2 Å². The maximum Gasteiger partial charge on any atom is 0.357 e. The Bertz CT molecular complexity index is 745. The third-order valence-corrected chi connectivity index (χ3v) is 2.73. The van der Waals surface area contributed by atoms with E-state index < -0.39 is 51.5 Å². The van der Waals surface area contributed by atoms with Crippen LogP contribution in [0.3, 0.4) is 0 Å². The van der Waals surface area contributed by atoms with Crippen LogP contribution in [-0.4, -0.2) is 46.0 Å². The van der Waals surface area contributed by atoms with Gasteiger partial charge in [-0.1, -0.05) is 30.1 Å². The Hall–Kier alpha value is -2.98. The van der Waals surface area contributed by atoms with Crippen LogP contribution in [0.2, 0.25) is 0 Å². The van der Waals surface area contributed by atoms with Crippen LogP contribution in [0.15, 0.2) is 33.9 Å². The van der Waals surface area contributed by atoms with E-state index in [4.69, 9.17) is 33.4 Å². The molecule has 0 aromatic rings. The lowest BCUT2D eigenvalue weighted by Gasteiger charge is -2.04. The van der Waals surface area contributed by atoms with Crippen molar-refractivity contribution in [2.45, 2.75) is 13.3 Å². The number of rotatable bonds is 7. The Morgan fingerprint density at radius 3 is 1.58 bits per heavy atom. The van der Waals surface area contributed by atoms with Crippen LogP contribution in [-0.2, 0) is 38.2 Å². The van der Waals surface area contributed by atoms with Crippen LogP contribution in [0.5, 0.6) is 0 Å². The summed E-state index contributed by atoms with van der Waals surface area (Å²) in [4.78, 5) is 66.6. The SMILES string of the molecule is CCC(=CC(=O)OC(=O)C(Cl)=CC(=O)O)C(=O)OC(=O)C(Cl)=CC(=O)O. The molecule has 0 aromatic carbocycles. The minimum absolute atomic E-state index is 0.144. The molecule has 0 unspecified atom stereocenters. The molecule has 2 N–H and O–H groups in total. The highest BCUT2D eigenvalue weighted by Crippen LogP contribution is 2.11. The molecule has 0 spiro atoms. The number of carboxylic acid groups (broad SMARTS) is 2. The lowest BCUT2D eigenvalue weighted by molar-refractivity contribution is -0.156. The van der Waals surface area contributed by atoms with E-state index >= 15 is 0 Å². The third-order valence-electron chi connectivity index (χ3n) is 2.20. The zero-order valence-electron chi connectivity index (χ0n) is 12.9. The van der Waals surface area contributed by atoms with Crippen LogP contribution in [0.25, 0.3) is 0 Å². The van der Waals surface area contributed by atoms with Crippen molar-refractivity contribution in [1.29, 1.82) is 0 Å². The number of halogens is 2. The number of carbonyl (C=O) groups is 6. The molecule has 0 aliphatic rings. The first-order valence-electron chi connectivity index (χ1n) is 6.41. The molecule has 0 aromatic heterocycles. The average Bonchev–Trinajstić information content (AvgIpc) is 2.50. The van der Waals surface area contributed by atoms with Crippen molar-refractivity contribution in [3.8, 4) is 0 Å². The maximum atomic E-state index is 11.7. The molecule has 0 amide bonds. The lowest BCUT2D eigenvalue weighted by Crippen LogP contribution is -2.17. The van der Waals surface area contributed by atoms with Crippen LogP contribution in [0.4, 0.5) is 0 Å². The van der Waals surface area contributed by atoms with Gasteiger partial charge in [-0.25, -0.2) is 28.8 Å². The number of carbonyl (C=O) groups excluding carboxylic acids is 4. The second kappa shape index (κ2) is 10.8. The summed E-state index contributed by atoms with van der Waals surface area (Å²) < 4.78 is 8.43. The van der Waals surface area contributed by atoms with Gasteiger partial charge in [-0.2, -0.15) is 0 Å². The molecule has 0 radical (unpaired) electrons. The number of aliphatic carboxylic acids is 2. The van der Waals surface area contributed by atoms with Crippen LogP contribution in [0, 0.1) is 0 Å². The van der Waals surface area contributed by atoms with Gasteiger partial charge in [0.15, 0.2) is 0 Å². The summed E-state index contributed by atoms with van der Waals surface area (Å²) in [5.74, 6) is -8.80. The van der Waals surface area contributed by atoms with E-state index in [9.17, 15) is 28.8 Å². The molecule has 0 aliphatic carbocycles. The second-order valence-corrected chi connectivity index (χ2v) is 4.88. The topological polar surface area (TPSA) is 161 Å². The molecular weight excluding hydrogens is 399 g/mol. The Kier molecular flexibility index (Phi) is 9.56. The van der Waals surface area contributed by atoms with E-state index in [2.05, 4.69) is 9.47 Å². The van der Waals surface area contributed by atoms with E-state index in [-0.39, 0.29) is 18.6 Å².